The van der Waals surface area contributed by atoms with E-state index in [-0.39, 0.29) is 11.8 Å². The smallest absolute Gasteiger partial charge is 0.220 e. The predicted octanol–water partition coefficient (Wildman–Crippen LogP) is 4.21. The number of amides is 1. The molecule has 0 aromatic heterocycles. The van der Waals surface area contributed by atoms with Gasteiger partial charge in [-0.2, -0.15) is 0 Å². The summed E-state index contributed by atoms with van der Waals surface area (Å²) in [6, 6.07) is 19.1. The standard InChI is InChI=1S/C25H35N3O/c1-21-9-8-12-24(19-21)28-17-15-27(16-18-28)14-7-6-13-26-25(29)20-22(2)23-10-4-3-5-11-23/h3-5,8-12,19,22H,6-7,13-18,20H2,1-2H3,(H,26,29)/t22-/m0/s1. The third-order valence-corrected chi connectivity index (χ3v) is 5.82. The summed E-state index contributed by atoms with van der Waals surface area (Å²) in [6.45, 7) is 10.6. The summed E-state index contributed by atoms with van der Waals surface area (Å²) in [4.78, 5) is 17.2. The second-order valence-corrected chi connectivity index (χ2v) is 8.24. The first-order chi connectivity index (χ1) is 14.1. The minimum Gasteiger partial charge on any atom is -0.369 e. The van der Waals surface area contributed by atoms with Gasteiger partial charge in [0.15, 0.2) is 0 Å². The van der Waals surface area contributed by atoms with Crippen LogP contribution < -0.4 is 10.2 Å². The number of hydrogen-bond acceptors (Lipinski definition) is 3. The highest BCUT2D eigenvalue weighted by molar-refractivity contribution is 5.76. The predicted molar refractivity (Wildman–Crippen MR) is 122 cm³/mol. The number of rotatable bonds is 9. The molecule has 1 saturated heterocycles. The number of benzene rings is 2. The average molecular weight is 394 g/mol. The van der Waals surface area contributed by atoms with Gasteiger partial charge in [0.25, 0.3) is 0 Å². The number of anilines is 1. The third kappa shape index (κ3) is 6.90. The van der Waals surface area contributed by atoms with Gasteiger partial charge in [0.1, 0.15) is 0 Å². The quantitative estimate of drug-likeness (QED) is 0.649. The minimum atomic E-state index is 0.160. The van der Waals surface area contributed by atoms with Crippen LogP contribution in [-0.4, -0.2) is 50.1 Å². The van der Waals surface area contributed by atoms with E-state index >= 15 is 0 Å². The lowest BCUT2D eigenvalue weighted by Gasteiger charge is -2.36. The largest absolute Gasteiger partial charge is 0.369 e. The van der Waals surface area contributed by atoms with Crippen molar-refractivity contribution in [3.63, 3.8) is 0 Å². The number of carbonyl (C=O) groups excluding carboxylic acids is 1. The third-order valence-electron chi connectivity index (χ3n) is 5.82. The van der Waals surface area contributed by atoms with Gasteiger partial charge in [0.05, 0.1) is 0 Å². The van der Waals surface area contributed by atoms with Crippen LogP contribution in [0.4, 0.5) is 5.69 Å². The molecule has 0 saturated carbocycles. The number of unbranched alkanes of at least 4 members (excludes halogenated alkanes) is 1. The average Bonchev–Trinajstić information content (AvgIpc) is 2.74. The van der Waals surface area contributed by atoms with Crippen molar-refractivity contribution in [2.24, 2.45) is 0 Å². The van der Waals surface area contributed by atoms with Crippen LogP contribution in [0.15, 0.2) is 54.6 Å². The van der Waals surface area contributed by atoms with Crippen molar-refractivity contribution in [1.82, 2.24) is 10.2 Å². The van der Waals surface area contributed by atoms with Gasteiger partial charge >= 0.3 is 0 Å². The number of carbonyl (C=O) groups is 1. The van der Waals surface area contributed by atoms with E-state index in [0.717, 1.165) is 52.1 Å². The molecule has 1 atom stereocenters. The molecule has 3 rings (SSSR count). The number of hydrogen-bond donors (Lipinski definition) is 1. The van der Waals surface area contributed by atoms with Crippen molar-refractivity contribution in [3.8, 4) is 0 Å². The monoisotopic (exact) mass is 393 g/mol. The summed E-state index contributed by atoms with van der Waals surface area (Å²) < 4.78 is 0. The Bertz CT molecular complexity index is 754. The van der Waals surface area contributed by atoms with Crippen LogP contribution in [0.1, 0.15) is 43.2 Å². The highest BCUT2D eigenvalue weighted by atomic mass is 16.1. The zero-order valence-electron chi connectivity index (χ0n) is 17.9. The second kappa shape index (κ2) is 11.0. The Morgan fingerprint density at radius 3 is 2.48 bits per heavy atom. The molecular weight excluding hydrogens is 358 g/mol. The molecule has 1 amide bonds. The number of nitrogens with zero attached hydrogens (tertiary/aromatic N) is 2. The molecule has 1 N–H and O–H groups in total. The number of piperazine rings is 1. The molecule has 0 bridgehead atoms. The van der Waals surface area contributed by atoms with Crippen molar-refractivity contribution in [2.45, 2.75) is 39.0 Å². The fraction of sp³-hybridized carbons (Fsp3) is 0.480. The van der Waals surface area contributed by atoms with E-state index in [2.05, 4.69) is 65.4 Å². The van der Waals surface area contributed by atoms with Crippen LogP contribution >= 0.6 is 0 Å². The van der Waals surface area contributed by atoms with Gasteiger partial charge < -0.3 is 10.2 Å². The molecule has 0 aliphatic carbocycles. The first-order valence-electron chi connectivity index (χ1n) is 11.0. The first-order valence-corrected chi connectivity index (χ1v) is 11.0. The van der Waals surface area contributed by atoms with E-state index < -0.39 is 0 Å². The van der Waals surface area contributed by atoms with Crippen molar-refractivity contribution in [3.05, 3.63) is 65.7 Å². The van der Waals surface area contributed by atoms with Crippen LogP contribution in [0.25, 0.3) is 0 Å². The van der Waals surface area contributed by atoms with E-state index in [1.54, 1.807) is 0 Å². The fourth-order valence-electron chi connectivity index (χ4n) is 3.99. The zero-order chi connectivity index (χ0) is 20.5. The molecule has 1 fully saturated rings. The first kappa shape index (κ1) is 21.4. The zero-order valence-corrected chi connectivity index (χ0v) is 17.9. The molecule has 1 heterocycles. The van der Waals surface area contributed by atoms with Gasteiger partial charge in [-0.05, 0) is 55.5 Å². The van der Waals surface area contributed by atoms with Gasteiger partial charge in [-0.15, -0.1) is 0 Å². The SMILES string of the molecule is Cc1cccc(N2CCN(CCCCNC(=O)C[C@H](C)c3ccccc3)CC2)c1. The summed E-state index contributed by atoms with van der Waals surface area (Å²) in [6.07, 6.45) is 2.74. The maximum absolute atomic E-state index is 12.2. The molecule has 0 radical (unpaired) electrons. The van der Waals surface area contributed by atoms with Crippen molar-refractivity contribution < 1.29 is 4.79 Å². The molecule has 4 nitrogen and oxygen atoms in total. The van der Waals surface area contributed by atoms with Crippen LogP contribution in [0.3, 0.4) is 0 Å². The van der Waals surface area contributed by atoms with E-state index in [1.165, 1.54) is 16.8 Å². The van der Waals surface area contributed by atoms with Gasteiger partial charge in [0, 0.05) is 44.8 Å². The van der Waals surface area contributed by atoms with Gasteiger partial charge in [-0.1, -0.05) is 49.4 Å². The molecule has 0 spiro atoms. The summed E-state index contributed by atoms with van der Waals surface area (Å²) in [5.41, 5.74) is 3.90. The fourth-order valence-corrected chi connectivity index (χ4v) is 3.99. The minimum absolute atomic E-state index is 0.160. The van der Waals surface area contributed by atoms with E-state index in [0.29, 0.717) is 6.42 Å². The van der Waals surface area contributed by atoms with Crippen LogP contribution in [-0.2, 0) is 4.79 Å². The van der Waals surface area contributed by atoms with Gasteiger partial charge in [0.2, 0.25) is 5.91 Å². The second-order valence-electron chi connectivity index (χ2n) is 8.24. The molecule has 156 valence electrons. The summed E-state index contributed by atoms with van der Waals surface area (Å²) >= 11 is 0. The van der Waals surface area contributed by atoms with Gasteiger partial charge in [-0.3, -0.25) is 9.69 Å². The highest BCUT2D eigenvalue weighted by Gasteiger charge is 2.17. The Hall–Kier alpha value is -2.33. The van der Waals surface area contributed by atoms with E-state index in [4.69, 9.17) is 0 Å². The van der Waals surface area contributed by atoms with Crippen LogP contribution in [0.2, 0.25) is 0 Å². The van der Waals surface area contributed by atoms with Crippen LogP contribution in [0.5, 0.6) is 0 Å². The topological polar surface area (TPSA) is 35.6 Å². The lowest BCUT2D eigenvalue weighted by Crippen LogP contribution is -2.46. The molecule has 0 unspecified atom stereocenters. The maximum Gasteiger partial charge on any atom is 0.220 e. The molecule has 1 aliphatic rings. The molecule has 4 heteroatoms. The van der Waals surface area contributed by atoms with Crippen molar-refractivity contribution >= 4 is 11.6 Å². The normalized spacial score (nSPS) is 15.9. The highest BCUT2D eigenvalue weighted by Crippen LogP contribution is 2.19. The Kier molecular flexibility index (Phi) is 8.12. The molecule has 2 aromatic carbocycles. The van der Waals surface area contributed by atoms with Gasteiger partial charge in [-0.25, -0.2) is 0 Å². The van der Waals surface area contributed by atoms with Crippen molar-refractivity contribution in [1.29, 1.82) is 0 Å². The molecule has 1 aliphatic heterocycles. The Labute approximate surface area is 175 Å². The van der Waals surface area contributed by atoms with Crippen molar-refractivity contribution in [2.75, 3.05) is 44.2 Å². The molecular formula is C25H35N3O. The van der Waals surface area contributed by atoms with E-state index in [9.17, 15) is 4.79 Å². The Morgan fingerprint density at radius 2 is 1.76 bits per heavy atom. The number of aryl methyl sites for hydroxylation is 1. The summed E-state index contributed by atoms with van der Waals surface area (Å²) in [5, 5.41) is 3.09. The Morgan fingerprint density at radius 1 is 1.00 bits per heavy atom. The molecule has 2 aromatic rings. The van der Waals surface area contributed by atoms with E-state index in [1.807, 2.05) is 18.2 Å². The lowest BCUT2D eigenvalue weighted by molar-refractivity contribution is -0.121. The summed E-state index contributed by atoms with van der Waals surface area (Å²) in [5.74, 6) is 0.425. The lowest BCUT2D eigenvalue weighted by atomic mass is 9.97. The Balaban J connectivity index is 1.26. The summed E-state index contributed by atoms with van der Waals surface area (Å²) in [7, 11) is 0. The number of nitrogens with one attached hydrogen (secondary N) is 1. The maximum atomic E-state index is 12.2. The molecule has 29 heavy (non-hydrogen) atoms. The van der Waals surface area contributed by atoms with Crippen LogP contribution in [0, 0.1) is 6.92 Å².